The third-order valence-electron chi connectivity index (χ3n) is 4.42. The lowest BCUT2D eigenvalue weighted by molar-refractivity contribution is 0.0485. The van der Waals surface area contributed by atoms with Crippen LogP contribution in [0.3, 0.4) is 0 Å². The fraction of sp³-hybridized carbons (Fsp3) is 0.474. The van der Waals surface area contributed by atoms with Crippen molar-refractivity contribution < 1.29 is 5.11 Å². The van der Waals surface area contributed by atoms with Crippen LogP contribution < -0.4 is 0 Å². The van der Waals surface area contributed by atoms with E-state index in [9.17, 15) is 5.11 Å². The molecule has 2 rings (SSSR count). The van der Waals surface area contributed by atoms with E-state index in [1.165, 1.54) is 6.42 Å². The Bertz CT molecular complexity index is 492. The van der Waals surface area contributed by atoms with Crippen molar-refractivity contribution in [1.82, 2.24) is 4.90 Å². The standard InChI is InChI=1S/C19H27NO/c1-4-19(21)17(14-16-10-6-5-7-11-16)12-8-9-13-18(19)15-20(2)3/h4-7,10-11,14,18,21H,1,8-9,12-13,15H2,2-3H3/b17-14-. The van der Waals surface area contributed by atoms with Crippen molar-refractivity contribution in [3.8, 4) is 0 Å². The van der Waals surface area contributed by atoms with Crippen LogP contribution >= 0.6 is 0 Å². The minimum Gasteiger partial charge on any atom is -0.381 e. The topological polar surface area (TPSA) is 23.5 Å². The number of hydrogen-bond donors (Lipinski definition) is 1. The Morgan fingerprint density at radius 2 is 2.00 bits per heavy atom. The molecule has 0 heterocycles. The van der Waals surface area contributed by atoms with Gasteiger partial charge in [0.05, 0.1) is 0 Å². The van der Waals surface area contributed by atoms with Gasteiger partial charge in [0, 0.05) is 12.5 Å². The SMILES string of the molecule is C=CC1(O)/C(=C\c2ccccc2)CCCCC1CN(C)C. The van der Waals surface area contributed by atoms with Crippen molar-refractivity contribution in [2.75, 3.05) is 20.6 Å². The molecule has 0 spiro atoms. The van der Waals surface area contributed by atoms with Crippen LogP contribution in [-0.4, -0.2) is 36.2 Å². The highest BCUT2D eigenvalue weighted by atomic mass is 16.3. The summed E-state index contributed by atoms with van der Waals surface area (Å²) in [6, 6.07) is 10.3. The highest BCUT2D eigenvalue weighted by Crippen LogP contribution is 2.38. The number of nitrogens with zero attached hydrogens (tertiary/aromatic N) is 1. The molecule has 0 aliphatic heterocycles. The lowest BCUT2D eigenvalue weighted by Gasteiger charge is -2.36. The smallest absolute Gasteiger partial charge is 0.108 e. The van der Waals surface area contributed by atoms with Crippen molar-refractivity contribution in [2.24, 2.45) is 5.92 Å². The van der Waals surface area contributed by atoms with Crippen molar-refractivity contribution in [3.05, 3.63) is 54.1 Å². The molecule has 114 valence electrons. The summed E-state index contributed by atoms with van der Waals surface area (Å²) in [5, 5.41) is 11.3. The first-order valence-corrected chi connectivity index (χ1v) is 7.83. The van der Waals surface area contributed by atoms with E-state index in [0.717, 1.165) is 36.9 Å². The first kappa shape index (κ1) is 16.0. The predicted molar refractivity (Wildman–Crippen MR) is 90.1 cm³/mol. The van der Waals surface area contributed by atoms with E-state index in [1.807, 2.05) is 18.2 Å². The minimum atomic E-state index is -0.892. The van der Waals surface area contributed by atoms with Gasteiger partial charge in [0.15, 0.2) is 0 Å². The van der Waals surface area contributed by atoms with Crippen LogP contribution in [0.1, 0.15) is 31.2 Å². The molecule has 2 nitrogen and oxygen atoms in total. The quantitative estimate of drug-likeness (QED) is 0.673. The van der Waals surface area contributed by atoms with Crippen LogP contribution in [-0.2, 0) is 0 Å². The number of hydrogen-bond acceptors (Lipinski definition) is 2. The zero-order chi connectivity index (χ0) is 15.3. The molecular formula is C19H27NO. The number of aliphatic hydroxyl groups is 1. The zero-order valence-corrected chi connectivity index (χ0v) is 13.3. The maximum Gasteiger partial charge on any atom is 0.108 e. The van der Waals surface area contributed by atoms with Gasteiger partial charge in [0.2, 0.25) is 0 Å². The van der Waals surface area contributed by atoms with Gasteiger partial charge in [-0.05, 0) is 44.5 Å². The summed E-state index contributed by atoms with van der Waals surface area (Å²) in [5.41, 5.74) is 1.36. The van der Waals surface area contributed by atoms with E-state index in [4.69, 9.17) is 0 Å². The molecule has 0 amide bonds. The Morgan fingerprint density at radius 3 is 2.62 bits per heavy atom. The van der Waals surface area contributed by atoms with E-state index in [2.05, 4.69) is 43.8 Å². The van der Waals surface area contributed by atoms with E-state index < -0.39 is 5.60 Å². The summed E-state index contributed by atoms with van der Waals surface area (Å²) in [5.74, 6) is 0.211. The zero-order valence-electron chi connectivity index (χ0n) is 13.3. The van der Waals surface area contributed by atoms with E-state index in [-0.39, 0.29) is 5.92 Å². The Kier molecular flexibility index (Phi) is 5.38. The van der Waals surface area contributed by atoms with Gasteiger partial charge in [-0.3, -0.25) is 0 Å². The molecule has 1 aromatic rings. The van der Waals surface area contributed by atoms with Crippen LogP contribution in [0, 0.1) is 5.92 Å². The summed E-state index contributed by atoms with van der Waals surface area (Å²) in [6.07, 6.45) is 8.20. The second kappa shape index (κ2) is 7.06. The van der Waals surface area contributed by atoms with Gasteiger partial charge < -0.3 is 10.0 Å². The molecule has 2 heteroatoms. The van der Waals surface area contributed by atoms with Crippen LogP contribution in [0.25, 0.3) is 6.08 Å². The molecule has 1 fully saturated rings. The lowest BCUT2D eigenvalue weighted by atomic mass is 9.79. The van der Waals surface area contributed by atoms with Crippen LogP contribution in [0.2, 0.25) is 0 Å². The summed E-state index contributed by atoms with van der Waals surface area (Å²) < 4.78 is 0. The van der Waals surface area contributed by atoms with Crippen molar-refractivity contribution in [2.45, 2.75) is 31.3 Å². The second-order valence-electron chi connectivity index (χ2n) is 6.31. The van der Waals surface area contributed by atoms with Gasteiger partial charge in [-0.25, -0.2) is 0 Å². The van der Waals surface area contributed by atoms with Crippen LogP contribution in [0.4, 0.5) is 0 Å². The van der Waals surface area contributed by atoms with Crippen molar-refractivity contribution in [1.29, 1.82) is 0 Å². The average Bonchev–Trinajstić information content (AvgIpc) is 2.62. The first-order valence-electron chi connectivity index (χ1n) is 7.83. The molecule has 1 aromatic carbocycles. The molecule has 1 N–H and O–H groups in total. The highest BCUT2D eigenvalue weighted by molar-refractivity contribution is 5.56. The third kappa shape index (κ3) is 3.84. The Morgan fingerprint density at radius 1 is 1.29 bits per heavy atom. The second-order valence-corrected chi connectivity index (χ2v) is 6.31. The van der Waals surface area contributed by atoms with E-state index in [0.29, 0.717) is 0 Å². The summed E-state index contributed by atoms with van der Waals surface area (Å²) in [7, 11) is 4.13. The Labute approximate surface area is 128 Å². The molecule has 1 saturated carbocycles. The van der Waals surface area contributed by atoms with Gasteiger partial charge in [-0.2, -0.15) is 0 Å². The molecule has 0 saturated heterocycles. The summed E-state index contributed by atoms with van der Waals surface area (Å²) in [6.45, 7) is 4.82. The lowest BCUT2D eigenvalue weighted by Crippen LogP contribution is -2.42. The predicted octanol–water partition coefficient (Wildman–Crippen LogP) is 3.74. The van der Waals surface area contributed by atoms with E-state index in [1.54, 1.807) is 6.08 Å². The Hall–Kier alpha value is -1.38. The third-order valence-corrected chi connectivity index (χ3v) is 4.42. The fourth-order valence-corrected chi connectivity index (χ4v) is 3.30. The maximum atomic E-state index is 11.3. The summed E-state index contributed by atoms with van der Waals surface area (Å²) in [4.78, 5) is 2.16. The normalized spacial score (nSPS) is 28.6. The van der Waals surface area contributed by atoms with Gasteiger partial charge in [0.25, 0.3) is 0 Å². The van der Waals surface area contributed by atoms with Gasteiger partial charge in [0.1, 0.15) is 5.60 Å². The van der Waals surface area contributed by atoms with Gasteiger partial charge >= 0.3 is 0 Å². The first-order chi connectivity index (χ1) is 10.1. The van der Waals surface area contributed by atoms with Crippen LogP contribution in [0.15, 0.2) is 48.6 Å². The van der Waals surface area contributed by atoms with Gasteiger partial charge in [-0.1, -0.05) is 55.5 Å². The monoisotopic (exact) mass is 285 g/mol. The highest BCUT2D eigenvalue weighted by Gasteiger charge is 2.38. The van der Waals surface area contributed by atoms with E-state index >= 15 is 0 Å². The molecule has 1 aliphatic rings. The molecule has 2 unspecified atom stereocenters. The molecule has 21 heavy (non-hydrogen) atoms. The largest absolute Gasteiger partial charge is 0.381 e. The summed E-state index contributed by atoms with van der Waals surface area (Å²) >= 11 is 0. The van der Waals surface area contributed by atoms with Gasteiger partial charge in [-0.15, -0.1) is 0 Å². The Balaban J connectivity index is 2.37. The maximum absolute atomic E-state index is 11.3. The molecule has 1 aliphatic carbocycles. The number of rotatable bonds is 4. The molecule has 2 atom stereocenters. The average molecular weight is 285 g/mol. The van der Waals surface area contributed by atoms with Crippen LogP contribution in [0.5, 0.6) is 0 Å². The number of benzene rings is 1. The molecule has 0 bridgehead atoms. The molecular weight excluding hydrogens is 258 g/mol. The van der Waals surface area contributed by atoms with Crippen molar-refractivity contribution in [3.63, 3.8) is 0 Å². The van der Waals surface area contributed by atoms with Crippen molar-refractivity contribution >= 4 is 6.08 Å². The fourth-order valence-electron chi connectivity index (χ4n) is 3.30. The minimum absolute atomic E-state index is 0.211. The molecule has 0 aromatic heterocycles. The molecule has 0 radical (unpaired) electrons.